The standard InChI is InChI=1S/C12H6Cl3N3/c13-8-2-1-3-9(14)12(8)7(6-16)10-4-5-11(15)18-17-10/h1-5,7H. The van der Waals surface area contributed by atoms with Gasteiger partial charge in [0.2, 0.25) is 0 Å². The Hall–Kier alpha value is -1.34. The van der Waals surface area contributed by atoms with Crippen LogP contribution in [0, 0.1) is 11.3 Å². The average Bonchev–Trinajstić information content (AvgIpc) is 2.35. The lowest BCUT2D eigenvalue weighted by atomic mass is 9.97. The van der Waals surface area contributed by atoms with Gasteiger partial charge in [-0.25, -0.2) is 0 Å². The lowest BCUT2D eigenvalue weighted by molar-refractivity contribution is 0.885. The number of nitriles is 1. The van der Waals surface area contributed by atoms with E-state index in [0.717, 1.165) is 0 Å². The highest BCUT2D eigenvalue weighted by Gasteiger charge is 2.21. The third-order valence-electron chi connectivity index (χ3n) is 2.37. The van der Waals surface area contributed by atoms with Gasteiger partial charge in [-0.15, -0.1) is 5.10 Å². The molecular weight excluding hydrogens is 293 g/mol. The molecule has 0 aliphatic rings. The maximum Gasteiger partial charge on any atom is 0.151 e. The number of benzene rings is 1. The molecule has 0 saturated carbocycles. The van der Waals surface area contributed by atoms with Crippen molar-refractivity contribution in [2.24, 2.45) is 0 Å². The van der Waals surface area contributed by atoms with E-state index in [9.17, 15) is 5.26 Å². The molecule has 0 aliphatic carbocycles. The zero-order chi connectivity index (χ0) is 13.1. The van der Waals surface area contributed by atoms with Crippen molar-refractivity contribution in [1.82, 2.24) is 10.2 Å². The van der Waals surface area contributed by atoms with E-state index in [2.05, 4.69) is 16.3 Å². The Morgan fingerprint density at radius 1 is 1.00 bits per heavy atom. The summed E-state index contributed by atoms with van der Waals surface area (Å²) in [6.07, 6.45) is 0. The largest absolute Gasteiger partial charge is 0.197 e. The monoisotopic (exact) mass is 297 g/mol. The quantitative estimate of drug-likeness (QED) is 0.839. The minimum absolute atomic E-state index is 0.265. The molecule has 0 radical (unpaired) electrons. The van der Waals surface area contributed by atoms with Crippen LogP contribution >= 0.6 is 34.8 Å². The van der Waals surface area contributed by atoms with Crippen molar-refractivity contribution in [3.8, 4) is 6.07 Å². The van der Waals surface area contributed by atoms with Gasteiger partial charge in [-0.1, -0.05) is 40.9 Å². The zero-order valence-corrected chi connectivity index (χ0v) is 11.2. The van der Waals surface area contributed by atoms with Gasteiger partial charge in [0, 0.05) is 15.6 Å². The van der Waals surface area contributed by atoms with Crippen molar-refractivity contribution >= 4 is 34.8 Å². The average molecular weight is 299 g/mol. The molecule has 6 heteroatoms. The van der Waals surface area contributed by atoms with Gasteiger partial charge < -0.3 is 0 Å². The molecule has 2 aromatic rings. The van der Waals surface area contributed by atoms with Gasteiger partial charge >= 0.3 is 0 Å². The number of hydrogen-bond acceptors (Lipinski definition) is 3. The number of hydrogen-bond donors (Lipinski definition) is 0. The summed E-state index contributed by atoms with van der Waals surface area (Å²) in [6.45, 7) is 0. The molecule has 0 aliphatic heterocycles. The Morgan fingerprint density at radius 3 is 2.17 bits per heavy atom. The summed E-state index contributed by atoms with van der Waals surface area (Å²) in [7, 11) is 0. The van der Waals surface area contributed by atoms with Crippen molar-refractivity contribution in [2.45, 2.75) is 5.92 Å². The first-order valence-corrected chi connectivity index (χ1v) is 6.09. The maximum absolute atomic E-state index is 9.28. The first-order valence-electron chi connectivity index (χ1n) is 4.96. The second-order valence-electron chi connectivity index (χ2n) is 3.48. The van der Waals surface area contributed by atoms with Crippen LogP contribution in [-0.4, -0.2) is 10.2 Å². The molecule has 1 aromatic heterocycles. The predicted molar refractivity (Wildman–Crippen MR) is 71.0 cm³/mol. The second-order valence-corrected chi connectivity index (χ2v) is 4.68. The molecule has 90 valence electrons. The van der Waals surface area contributed by atoms with Gasteiger partial charge in [0.1, 0.15) is 5.92 Å². The fraction of sp³-hybridized carbons (Fsp3) is 0.0833. The smallest absolute Gasteiger partial charge is 0.151 e. The van der Waals surface area contributed by atoms with Crippen molar-refractivity contribution in [3.05, 3.63) is 56.8 Å². The summed E-state index contributed by atoms with van der Waals surface area (Å²) in [5, 5.41) is 18.0. The highest BCUT2D eigenvalue weighted by molar-refractivity contribution is 6.36. The third kappa shape index (κ3) is 2.56. The molecule has 0 saturated heterocycles. The van der Waals surface area contributed by atoms with E-state index in [0.29, 0.717) is 21.3 Å². The fourth-order valence-electron chi connectivity index (χ4n) is 1.55. The van der Waals surface area contributed by atoms with E-state index in [1.54, 1.807) is 30.3 Å². The second kappa shape index (κ2) is 5.53. The summed E-state index contributed by atoms with van der Waals surface area (Å²) in [4.78, 5) is 0. The summed E-state index contributed by atoms with van der Waals surface area (Å²) in [5.74, 6) is -0.670. The van der Waals surface area contributed by atoms with Crippen molar-refractivity contribution < 1.29 is 0 Å². The number of halogens is 3. The van der Waals surface area contributed by atoms with E-state index in [1.165, 1.54) is 0 Å². The minimum Gasteiger partial charge on any atom is -0.197 e. The van der Waals surface area contributed by atoms with Crippen molar-refractivity contribution in [1.29, 1.82) is 5.26 Å². The number of aromatic nitrogens is 2. The number of nitrogens with zero attached hydrogens (tertiary/aromatic N) is 3. The van der Waals surface area contributed by atoms with Crippen molar-refractivity contribution in [2.75, 3.05) is 0 Å². The van der Waals surface area contributed by atoms with Gasteiger partial charge in [-0.05, 0) is 24.3 Å². The van der Waals surface area contributed by atoms with E-state index in [1.807, 2.05) is 0 Å². The SMILES string of the molecule is N#CC(c1ccc(Cl)nn1)c1c(Cl)cccc1Cl. The molecule has 0 bridgehead atoms. The Kier molecular flexibility index (Phi) is 4.03. The molecular formula is C12H6Cl3N3. The Morgan fingerprint density at radius 2 is 1.67 bits per heavy atom. The Labute approximate surface area is 119 Å². The lowest BCUT2D eigenvalue weighted by Crippen LogP contribution is -2.04. The zero-order valence-electron chi connectivity index (χ0n) is 8.94. The van der Waals surface area contributed by atoms with Crippen LogP contribution in [0.15, 0.2) is 30.3 Å². The van der Waals surface area contributed by atoms with Gasteiger partial charge in [0.15, 0.2) is 5.15 Å². The summed E-state index contributed by atoms with van der Waals surface area (Å²) < 4.78 is 0. The van der Waals surface area contributed by atoms with Crippen LogP contribution in [0.3, 0.4) is 0 Å². The predicted octanol–water partition coefficient (Wildman–Crippen LogP) is 4.09. The lowest BCUT2D eigenvalue weighted by Gasteiger charge is -2.12. The summed E-state index contributed by atoms with van der Waals surface area (Å²) >= 11 is 17.8. The van der Waals surface area contributed by atoms with E-state index >= 15 is 0 Å². The molecule has 1 aromatic carbocycles. The minimum atomic E-state index is -0.670. The van der Waals surface area contributed by atoms with Crippen molar-refractivity contribution in [3.63, 3.8) is 0 Å². The Balaban J connectivity index is 2.53. The first kappa shape index (κ1) is 13.1. The van der Waals surface area contributed by atoms with E-state index < -0.39 is 5.92 Å². The van der Waals surface area contributed by atoms with Crippen LogP contribution in [0.25, 0.3) is 0 Å². The van der Waals surface area contributed by atoms with Crippen LogP contribution < -0.4 is 0 Å². The van der Waals surface area contributed by atoms with E-state index in [-0.39, 0.29) is 5.15 Å². The summed E-state index contributed by atoms with van der Waals surface area (Å²) in [6, 6.07) is 10.4. The molecule has 1 heterocycles. The molecule has 2 rings (SSSR count). The molecule has 1 unspecified atom stereocenters. The normalized spacial score (nSPS) is 11.9. The third-order valence-corrected chi connectivity index (χ3v) is 3.23. The van der Waals surface area contributed by atoms with Gasteiger partial charge in [-0.3, -0.25) is 0 Å². The highest BCUT2D eigenvalue weighted by atomic mass is 35.5. The van der Waals surface area contributed by atoms with Gasteiger partial charge in [0.05, 0.1) is 11.8 Å². The Bertz CT molecular complexity index is 585. The first-order chi connectivity index (χ1) is 8.63. The van der Waals surface area contributed by atoms with Crippen LogP contribution in [0.5, 0.6) is 0 Å². The van der Waals surface area contributed by atoms with Crippen LogP contribution in [-0.2, 0) is 0 Å². The number of rotatable bonds is 2. The molecule has 18 heavy (non-hydrogen) atoms. The molecule has 0 N–H and O–H groups in total. The highest BCUT2D eigenvalue weighted by Crippen LogP contribution is 2.34. The molecule has 0 fully saturated rings. The molecule has 3 nitrogen and oxygen atoms in total. The van der Waals surface area contributed by atoms with Crippen LogP contribution in [0.1, 0.15) is 17.2 Å². The van der Waals surface area contributed by atoms with Gasteiger partial charge in [-0.2, -0.15) is 10.4 Å². The maximum atomic E-state index is 9.28. The van der Waals surface area contributed by atoms with Gasteiger partial charge in [0.25, 0.3) is 0 Å². The van der Waals surface area contributed by atoms with Crippen LogP contribution in [0.2, 0.25) is 15.2 Å². The van der Waals surface area contributed by atoms with E-state index in [4.69, 9.17) is 34.8 Å². The molecule has 1 atom stereocenters. The van der Waals surface area contributed by atoms with Crippen LogP contribution in [0.4, 0.5) is 0 Å². The molecule has 0 spiro atoms. The summed E-state index contributed by atoms with van der Waals surface area (Å²) in [5.41, 5.74) is 0.983. The topological polar surface area (TPSA) is 49.6 Å². The fourth-order valence-corrected chi connectivity index (χ4v) is 2.26. The molecule has 0 amide bonds.